The highest BCUT2D eigenvalue weighted by Crippen LogP contribution is 2.48. The number of aliphatic hydroxyl groups excluding tert-OH is 8. The van der Waals surface area contributed by atoms with Crippen LogP contribution < -0.4 is 16.0 Å². The van der Waals surface area contributed by atoms with Crippen molar-refractivity contribution in [2.75, 3.05) is 72.6 Å². The quantitative estimate of drug-likeness (QED) is 0.0168. The fraction of sp³-hybridized carbons (Fsp3) is 0.583. The molecule has 0 aliphatic heterocycles. The fourth-order valence-corrected chi connectivity index (χ4v) is 14.1. The van der Waals surface area contributed by atoms with Crippen molar-refractivity contribution in [3.63, 3.8) is 0 Å². The summed E-state index contributed by atoms with van der Waals surface area (Å²) < 4.78 is 251. The van der Waals surface area contributed by atoms with Crippen molar-refractivity contribution in [3.05, 3.63) is 105 Å². The summed E-state index contributed by atoms with van der Waals surface area (Å²) in [5, 5.41) is 124. The number of anilines is 3. The van der Waals surface area contributed by atoms with Gasteiger partial charge in [0.05, 0.1) is 88.3 Å². The number of thioether (sulfide) groups is 3. The average Bonchev–Trinajstić information content (AvgIpc) is 1.52. The van der Waals surface area contributed by atoms with Gasteiger partial charge in [-0.3, -0.25) is 0 Å². The summed E-state index contributed by atoms with van der Waals surface area (Å²) in [4.78, 5) is 26.0. The van der Waals surface area contributed by atoms with Gasteiger partial charge in [-0.05, 0) is 111 Å². The van der Waals surface area contributed by atoms with E-state index in [-0.39, 0.29) is 128 Å². The molecule has 9 aromatic rings. The van der Waals surface area contributed by atoms with Crippen LogP contribution in [0, 0.1) is 38.2 Å². The number of hydrogen-bond acceptors (Lipinski definition) is 30. The van der Waals surface area contributed by atoms with E-state index in [1.165, 1.54) is 47.1 Å². The van der Waals surface area contributed by atoms with Crippen molar-refractivity contribution in [2.24, 2.45) is 0 Å². The van der Waals surface area contributed by atoms with E-state index in [0.717, 1.165) is 22.4 Å². The van der Waals surface area contributed by atoms with Crippen molar-refractivity contribution in [1.29, 1.82) is 0 Å². The number of benzene rings is 3. The lowest BCUT2D eigenvalue weighted by Gasteiger charge is -2.17. The predicted molar refractivity (Wildman–Crippen MR) is 398 cm³/mol. The lowest BCUT2D eigenvalue weighted by molar-refractivity contribution is -0.0629. The molecular formula is C72H93F3N18O12S3. The van der Waals surface area contributed by atoms with Gasteiger partial charge in [0.2, 0.25) is 0 Å². The van der Waals surface area contributed by atoms with E-state index in [2.05, 4.69) is 76.8 Å². The molecule has 6 fully saturated rings. The van der Waals surface area contributed by atoms with Gasteiger partial charge in [-0.1, -0.05) is 108 Å². The third-order valence-electron chi connectivity index (χ3n) is 18.3. The summed E-state index contributed by atoms with van der Waals surface area (Å²) >= 11 is 1.66. The molecule has 36 heteroatoms. The van der Waals surface area contributed by atoms with E-state index >= 15 is 0 Å². The molecule has 6 aliphatic rings. The Morgan fingerprint density at radius 2 is 0.824 bits per heavy atom. The lowest BCUT2D eigenvalue weighted by Crippen LogP contribution is -2.33. The minimum Gasteiger partial charge on any atom is -0.394 e. The van der Waals surface area contributed by atoms with Gasteiger partial charge in [0.1, 0.15) is 54.1 Å². The Morgan fingerprint density at radius 1 is 0.481 bits per heavy atom. The van der Waals surface area contributed by atoms with Gasteiger partial charge < -0.3 is 76.1 Å². The van der Waals surface area contributed by atoms with Gasteiger partial charge in [0.25, 0.3) is 0 Å². The zero-order valence-corrected chi connectivity index (χ0v) is 60.8. The molecular weight excluding hydrogens is 1460 g/mol. The molecule has 0 radical (unpaired) electrons. The van der Waals surface area contributed by atoms with Crippen LogP contribution in [-0.4, -0.2) is 250 Å². The Kier molecular flexibility index (Phi) is 17.7. The fourth-order valence-electron chi connectivity index (χ4n) is 12.5. The van der Waals surface area contributed by atoms with E-state index < -0.39 is 195 Å². The highest BCUT2D eigenvalue weighted by molar-refractivity contribution is 7.99. The molecule has 3 aromatic carbocycles. The summed E-state index contributed by atoms with van der Waals surface area (Å²) in [6.07, 6.45) is -22.0. The zero-order valence-electron chi connectivity index (χ0n) is 81.3. The molecule has 30 nitrogen and oxygen atoms in total. The van der Waals surface area contributed by atoms with Crippen molar-refractivity contribution in [1.82, 2.24) is 74.9 Å². The van der Waals surface area contributed by atoms with Crippen molar-refractivity contribution in [3.8, 4) is 0 Å². The van der Waals surface area contributed by atoms with Gasteiger partial charge in [-0.2, -0.15) is 0 Å². The minimum absolute atomic E-state index is 0.0308. The Labute approximate surface area is 665 Å². The molecule has 0 bridgehead atoms. The van der Waals surface area contributed by atoms with Crippen LogP contribution in [0.2, 0.25) is 0 Å². The van der Waals surface area contributed by atoms with Gasteiger partial charge in [-0.25, -0.2) is 57.1 Å². The molecule has 0 unspecified atom stereocenters. The minimum atomic E-state index is -3.43. The zero-order chi connectivity index (χ0) is 96.9. The first kappa shape index (κ1) is 54.5. The number of ether oxygens (including phenoxy) is 3. The lowest BCUT2D eigenvalue weighted by atomic mass is 10.1. The van der Waals surface area contributed by atoms with E-state index in [4.69, 9.17) is 50.8 Å². The van der Waals surface area contributed by atoms with Gasteiger partial charge in [0, 0.05) is 91.4 Å². The summed E-state index contributed by atoms with van der Waals surface area (Å²) in [5.41, 5.74) is -4.78. The molecule has 15 rings (SSSR count). The van der Waals surface area contributed by atoms with E-state index in [0.29, 0.717) is 52.0 Å². The highest BCUT2D eigenvalue weighted by atomic mass is 32.2. The molecule has 0 spiro atoms. The van der Waals surface area contributed by atoms with Crippen LogP contribution in [0.5, 0.6) is 0 Å². The number of fused-ring (bicyclic) bond motifs is 3. The first-order chi connectivity index (χ1) is 60.5. The topological polar surface area (TPSA) is 415 Å². The van der Waals surface area contributed by atoms with Crippen molar-refractivity contribution >= 4 is 86.2 Å². The Balaban J connectivity index is 0.000000167. The molecule has 582 valence electrons. The van der Waals surface area contributed by atoms with Gasteiger partial charge >= 0.3 is 0 Å². The number of hydrogen-bond donors (Lipinski definition) is 12. The molecule has 108 heavy (non-hydrogen) atoms. The molecule has 0 amide bonds. The first-order valence-corrected chi connectivity index (χ1v) is 36.5. The second-order valence-electron chi connectivity index (χ2n) is 25.5. The predicted octanol–water partition coefficient (Wildman–Crippen LogP) is 6.55. The number of aryl methyl sites for hydroxylation is 3. The summed E-state index contributed by atoms with van der Waals surface area (Å²) in [5.74, 6) is -5.55. The Hall–Kier alpha value is -7.14. The number of rotatable bonds is 30. The second kappa shape index (κ2) is 35.1. The summed E-state index contributed by atoms with van der Waals surface area (Å²) in [6.45, 7) is -1.58. The van der Waals surface area contributed by atoms with E-state index in [9.17, 15) is 54.0 Å². The Morgan fingerprint density at radius 3 is 1.14 bits per heavy atom. The van der Waals surface area contributed by atoms with Crippen molar-refractivity contribution < 1.29 is 105 Å². The van der Waals surface area contributed by atoms with Gasteiger partial charge in [-0.15, -0.1) is 15.3 Å². The van der Waals surface area contributed by atoms with E-state index in [1.807, 2.05) is 0 Å². The van der Waals surface area contributed by atoms with Gasteiger partial charge in [0.15, 0.2) is 66.4 Å². The highest BCUT2D eigenvalue weighted by Gasteiger charge is 2.49. The smallest absolute Gasteiger partial charge is 0.191 e. The second-order valence-corrected chi connectivity index (χ2v) is 28.0. The maximum absolute atomic E-state index is 14.4. The standard InChI is InChI=1S/3C24H31FN6O4S/c3*1-3-8-36-24-27-22(26-16-10-14(16)13-5-4-12(2)15(25)9-13)19-23(28-24)31(30-29-19)17-11-18(35-7-6-32)21(34)20(17)33/h3*4-5,9,14,16-18,20-21,32-34H,3,6-8,10-11H2,1-2H3,(H,26,27,28)/t3*14-,16+,17+,18-,20-,21+/m000/s1/i6D2,7D2,8D2,10D2,16D;7D2,8D2,10D2,16D;3D2,8D2,10D2,16D. The normalized spacial score (nSPS) is 35.1. The number of nitrogens with one attached hydrogen (secondary N) is 3. The maximum atomic E-state index is 14.4. The molecule has 6 saturated carbocycles. The monoisotopic (exact) mass is 1580 g/mol. The third kappa shape index (κ3) is 17.5. The van der Waals surface area contributed by atoms with Crippen molar-refractivity contribution in [2.45, 2.75) is 223 Å². The van der Waals surface area contributed by atoms with Crippen LogP contribution in [0.1, 0.15) is 179 Å². The molecule has 0 saturated heterocycles. The Bertz CT molecular complexity index is 5760. The summed E-state index contributed by atoms with van der Waals surface area (Å²) in [6, 6.07) is 3.29. The first-order valence-electron chi connectivity index (χ1n) is 45.6. The van der Waals surface area contributed by atoms with Crippen LogP contribution in [0.3, 0.4) is 0 Å². The summed E-state index contributed by atoms with van der Waals surface area (Å²) in [7, 11) is 0. The number of aliphatic hydroxyl groups is 9. The molecule has 6 aliphatic carbocycles. The molecule has 6 heterocycles. The average molecular weight is 1580 g/mol. The molecule has 18 atom stereocenters. The SMILES string of the molecule is [2H]C([2H])(C)C([2H])([2H])Sc1nc(N[C@@]2([2H])[C@H](c3ccc(C)c(F)c3)C2([2H])[2H])c2nnn([C@@H]3C[C@H](OCCO)[C@@H](O)[C@H]3O)c2n1.[2H]C([2H])(CC)Sc1nc(N[C@@]2([2H])[C@H](c3ccc(C)c(F)c3)C2([2H])[2H])c2nnn([C@@H]3C[C@H](OC([2H])([2H])C([2H])([2H])O)[C@@H](O)[C@H]3O)c2n1.[2H]C([2H])(CO)O[C@H]1C[C@@H](n2nnc3c(N[C@@]4([2H])[C@H](c5ccc(C)c(F)c5)C4([2H])[2H])nc(SC([2H])([2H])CC)nc32)[C@H](O)[C@@H]1O. The number of halogens is 3. The van der Waals surface area contributed by atoms with E-state index in [1.54, 1.807) is 40.7 Å². The van der Waals surface area contributed by atoms with Crippen LogP contribution in [0.15, 0.2) is 70.1 Å². The van der Waals surface area contributed by atoms with Crippen LogP contribution >= 0.6 is 35.3 Å². The number of nitrogens with zero attached hydrogens (tertiary/aromatic N) is 15. The van der Waals surface area contributed by atoms with Crippen LogP contribution in [0.4, 0.5) is 30.6 Å². The van der Waals surface area contributed by atoms with Crippen LogP contribution in [0.25, 0.3) is 33.5 Å². The molecule has 12 N–H and O–H groups in total. The molecule has 6 aromatic heterocycles. The number of aromatic nitrogens is 15. The third-order valence-corrected chi connectivity index (χ3v) is 20.6. The van der Waals surface area contributed by atoms with Crippen LogP contribution in [-0.2, 0) is 14.2 Å². The maximum Gasteiger partial charge on any atom is 0.191 e. The largest absolute Gasteiger partial charge is 0.394 e.